The number of rotatable bonds is 5. The molecular formula is C31H25N5. The highest BCUT2D eigenvalue weighted by Gasteiger charge is 2.42. The fraction of sp³-hybridized carbons (Fsp3) is 0.0645. The van der Waals surface area contributed by atoms with E-state index in [1.165, 1.54) is 0 Å². The van der Waals surface area contributed by atoms with Gasteiger partial charge in [-0.3, -0.25) is 10.1 Å². The van der Waals surface area contributed by atoms with Crippen molar-refractivity contribution in [1.82, 2.24) is 20.2 Å². The third kappa shape index (κ3) is 3.45. The molecule has 0 amide bonds. The fourth-order valence-corrected chi connectivity index (χ4v) is 5.21. The average molecular weight is 468 g/mol. The van der Waals surface area contributed by atoms with E-state index < -0.39 is 5.41 Å². The van der Waals surface area contributed by atoms with Gasteiger partial charge < -0.3 is 5.73 Å². The molecule has 6 aromatic rings. The minimum atomic E-state index is -0.738. The molecule has 3 heterocycles. The number of nitrogens with one attached hydrogen (secondary N) is 1. The Balaban J connectivity index is 1.82. The van der Waals surface area contributed by atoms with Crippen LogP contribution in [0.15, 0.2) is 115 Å². The minimum absolute atomic E-state index is 0.436. The van der Waals surface area contributed by atoms with Crippen LogP contribution in [0.5, 0.6) is 0 Å². The number of aryl methyl sites for hydroxylation is 1. The van der Waals surface area contributed by atoms with Crippen molar-refractivity contribution in [2.75, 3.05) is 5.73 Å². The Morgan fingerprint density at radius 3 is 1.81 bits per heavy atom. The Hall–Kier alpha value is -4.77. The van der Waals surface area contributed by atoms with Crippen LogP contribution in [0.1, 0.15) is 28.1 Å². The summed E-state index contributed by atoms with van der Waals surface area (Å²) in [5, 5.41) is 8.91. The van der Waals surface area contributed by atoms with E-state index in [0.29, 0.717) is 5.82 Å². The first-order valence-corrected chi connectivity index (χ1v) is 11.9. The topological polar surface area (TPSA) is 80.5 Å². The molecule has 0 bridgehead atoms. The van der Waals surface area contributed by atoms with Crippen LogP contribution >= 0.6 is 0 Å². The molecule has 0 radical (unpaired) electrons. The van der Waals surface area contributed by atoms with E-state index in [-0.39, 0.29) is 0 Å². The van der Waals surface area contributed by atoms with E-state index >= 15 is 0 Å². The molecule has 0 aliphatic rings. The van der Waals surface area contributed by atoms with Crippen molar-refractivity contribution in [3.8, 4) is 11.3 Å². The second-order valence-corrected chi connectivity index (χ2v) is 8.92. The molecule has 0 saturated heterocycles. The van der Waals surface area contributed by atoms with Crippen molar-refractivity contribution in [2.24, 2.45) is 0 Å². The zero-order valence-corrected chi connectivity index (χ0v) is 19.9. The molecule has 5 heteroatoms. The number of aromatic nitrogens is 4. The highest BCUT2D eigenvalue weighted by atomic mass is 15.1. The number of nitrogens with two attached hydrogens (primary N) is 1. The smallest absolute Gasteiger partial charge is 0.125 e. The van der Waals surface area contributed by atoms with Crippen molar-refractivity contribution in [1.29, 1.82) is 0 Å². The first-order valence-electron chi connectivity index (χ1n) is 11.9. The van der Waals surface area contributed by atoms with Crippen LogP contribution < -0.4 is 5.73 Å². The Bertz CT molecular complexity index is 1540. The van der Waals surface area contributed by atoms with E-state index in [2.05, 4.69) is 82.9 Å². The lowest BCUT2D eigenvalue weighted by Crippen LogP contribution is -2.32. The Labute approximate surface area is 209 Å². The molecule has 3 aromatic heterocycles. The minimum Gasteiger partial charge on any atom is -0.384 e. The standard InChI is InChI=1S/C31H25N5/c1-21-19-22(17-18-33-21)29-28-26(35-36-29)20-27(32)34-30(28)31(23-11-5-2-6-12-23,24-13-7-3-8-14-24)25-15-9-4-10-16-25/h2-20H,1H3,(H2,32,34)(H,35,36). The number of hydrogen-bond acceptors (Lipinski definition) is 4. The number of benzene rings is 3. The van der Waals surface area contributed by atoms with Crippen molar-refractivity contribution in [3.05, 3.63) is 143 Å². The van der Waals surface area contributed by atoms with Crippen LogP contribution in [-0.4, -0.2) is 20.2 Å². The van der Waals surface area contributed by atoms with Gasteiger partial charge in [0.1, 0.15) is 11.5 Å². The molecule has 0 aliphatic heterocycles. The number of nitrogen functional groups attached to an aromatic ring is 1. The third-order valence-electron chi connectivity index (χ3n) is 6.71. The molecule has 0 atom stereocenters. The number of anilines is 1. The van der Waals surface area contributed by atoms with Gasteiger partial charge in [-0.05, 0) is 35.7 Å². The van der Waals surface area contributed by atoms with Crippen LogP contribution in [-0.2, 0) is 5.41 Å². The molecule has 36 heavy (non-hydrogen) atoms. The largest absolute Gasteiger partial charge is 0.384 e. The quantitative estimate of drug-likeness (QED) is 0.292. The number of fused-ring (bicyclic) bond motifs is 1. The molecule has 6 rings (SSSR count). The van der Waals surface area contributed by atoms with Crippen LogP contribution in [0.3, 0.4) is 0 Å². The molecule has 0 saturated carbocycles. The fourth-order valence-electron chi connectivity index (χ4n) is 5.21. The molecule has 0 fully saturated rings. The summed E-state index contributed by atoms with van der Waals surface area (Å²) in [7, 11) is 0. The second kappa shape index (κ2) is 8.78. The summed E-state index contributed by atoms with van der Waals surface area (Å²) in [6.45, 7) is 1.98. The molecule has 0 spiro atoms. The summed E-state index contributed by atoms with van der Waals surface area (Å²) >= 11 is 0. The Kier molecular flexibility index (Phi) is 5.30. The van der Waals surface area contributed by atoms with Gasteiger partial charge in [-0.15, -0.1) is 0 Å². The lowest BCUT2D eigenvalue weighted by atomic mass is 9.66. The van der Waals surface area contributed by atoms with Gasteiger partial charge in [0.15, 0.2) is 0 Å². The van der Waals surface area contributed by atoms with Gasteiger partial charge >= 0.3 is 0 Å². The number of hydrogen-bond donors (Lipinski definition) is 2. The molecule has 174 valence electrons. The monoisotopic (exact) mass is 467 g/mol. The van der Waals surface area contributed by atoms with Gasteiger partial charge in [0.2, 0.25) is 0 Å². The molecule has 0 aliphatic carbocycles. The SMILES string of the molecule is Cc1cc(-c2n[nH]c3cc(N)nc(C(c4ccccc4)(c4ccccc4)c4ccccc4)c23)ccn1. The molecular weight excluding hydrogens is 442 g/mol. The lowest BCUT2D eigenvalue weighted by Gasteiger charge is -2.36. The van der Waals surface area contributed by atoms with Crippen LogP contribution in [0, 0.1) is 6.92 Å². The first-order chi connectivity index (χ1) is 17.7. The van der Waals surface area contributed by atoms with E-state index in [1.54, 1.807) is 0 Å². The number of aromatic amines is 1. The van der Waals surface area contributed by atoms with Crippen LogP contribution in [0.2, 0.25) is 0 Å². The van der Waals surface area contributed by atoms with E-state index in [4.69, 9.17) is 15.8 Å². The van der Waals surface area contributed by atoms with Gasteiger partial charge in [0.25, 0.3) is 0 Å². The zero-order chi connectivity index (χ0) is 24.5. The summed E-state index contributed by atoms with van der Waals surface area (Å²) in [6.07, 6.45) is 1.81. The highest BCUT2D eigenvalue weighted by Crippen LogP contribution is 2.48. The van der Waals surface area contributed by atoms with E-state index in [1.807, 2.05) is 49.5 Å². The van der Waals surface area contributed by atoms with Gasteiger partial charge in [-0.1, -0.05) is 91.0 Å². The summed E-state index contributed by atoms with van der Waals surface area (Å²) in [6, 6.07) is 37.4. The predicted octanol–water partition coefficient (Wildman–Crippen LogP) is 6.29. The lowest BCUT2D eigenvalue weighted by molar-refractivity contribution is 0.725. The Morgan fingerprint density at radius 1 is 0.722 bits per heavy atom. The molecule has 0 unspecified atom stereocenters. The maximum absolute atomic E-state index is 6.46. The second-order valence-electron chi connectivity index (χ2n) is 8.92. The van der Waals surface area contributed by atoms with Crippen LogP contribution in [0.4, 0.5) is 5.82 Å². The number of nitrogens with zero attached hydrogens (tertiary/aromatic N) is 3. The van der Waals surface area contributed by atoms with Gasteiger partial charge in [0, 0.05) is 23.5 Å². The number of pyridine rings is 2. The molecule has 5 nitrogen and oxygen atoms in total. The zero-order valence-electron chi connectivity index (χ0n) is 19.9. The van der Waals surface area contributed by atoms with Crippen molar-refractivity contribution in [3.63, 3.8) is 0 Å². The first kappa shape index (κ1) is 21.7. The molecule has 3 N–H and O–H groups in total. The Morgan fingerprint density at radius 2 is 1.28 bits per heavy atom. The van der Waals surface area contributed by atoms with E-state index in [0.717, 1.165) is 50.2 Å². The summed E-state index contributed by atoms with van der Waals surface area (Å²) in [5.74, 6) is 0.436. The highest BCUT2D eigenvalue weighted by molar-refractivity contribution is 5.97. The third-order valence-corrected chi connectivity index (χ3v) is 6.71. The maximum Gasteiger partial charge on any atom is 0.125 e. The average Bonchev–Trinajstić information content (AvgIpc) is 3.35. The van der Waals surface area contributed by atoms with Gasteiger partial charge in [-0.25, -0.2) is 4.98 Å². The van der Waals surface area contributed by atoms with Gasteiger partial charge in [0.05, 0.1) is 22.0 Å². The van der Waals surface area contributed by atoms with E-state index in [9.17, 15) is 0 Å². The molecule has 3 aromatic carbocycles. The number of H-pyrrole nitrogens is 1. The van der Waals surface area contributed by atoms with Crippen molar-refractivity contribution >= 4 is 16.7 Å². The summed E-state index contributed by atoms with van der Waals surface area (Å²) in [5.41, 5.74) is 13.4. The van der Waals surface area contributed by atoms with Crippen molar-refractivity contribution < 1.29 is 0 Å². The predicted molar refractivity (Wildman–Crippen MR) is 145 cm³/mol. The normalized spacial score (nSPS) is 11.6. The van der Waals surface area contributed by atoms with Crippen LogP contribution in [0.25, 0.3) is 22.2 Å². The van der Waals surface area contributed by atoms with Crippen molar-refractivity contribution in [2.45, 2.75) is 12.3 Å². The summed E-state index contributed by atoms with van der Waals surface area (Å²) in [4.78, 5) is 9.47. The van der Waals surface area contributed by atoms with Gasteiger partial charge in [-0.2, -0.15) is 5.10 Å². The maximum atomic E-state index is 6.46. The summed E-state index contributed by atoms with van der Waals surface area (Å²) < 4.78 is 0.